The Morgan fingerprint density at radius 2 is 1.52 bits per heavy atom. The van der Waals surface area contributed by atoms with E-state index in [2.05, 4.69) is 10.2 Å². The van der Waals surface area contributed by atoms with Crippen molar-refractivity contribution in [1.82, 2.24) is 4.90 Å². The molecule has 1 fully saturated rings. The SMILES string of the molecule is Cc1ccc(Cl)cc1NC(=S)N1CCC(C(O)(c2ccccc2)c2ccccc2)CC1. The number of aryl methyl sites for hydroxylation is 1. The number of halogens is 1. The summed E-state index contributed by atoms with van der Waals surface area (Å²) in [5, 5.41) is 16.8. The van der Waals surface area contributed by atoms with E-state index < -0.39 is 5.60 Å². The molecule has 0 bridgehead atoms. The van der Waals surface area contributed by atoms with Crippen molar-refractivity contribution in [1.29, 1.82) is 0 Å². The number of aliphatic hydroxyl groups is 1. The van der Waals surface area contributed by atoms with Crippen molar-refractivity contribution in [3.8, 4) is 0 Å². The van der Waals surface area contributed by atoms with Crippen LogP contribution in [0.2, 0.25) is 5.02 Å². The van der Waals surface area contributed by atoms with Crippen LogP contribution in [0.25, 0.3) is 0 Å². The highest BCUT2D eigenvalue weighted by Crippen LogP contribution is 2.42. The summed E-state index contributed by atoms with van der Waals surface area (Å²) in [6.45, 7) is 3.61. The third-order valence-electron chi connectivity index (χ3n) is 6.24. The molecule has 3 aromatic rings. The monoisotopic (exact) mass is 450 g/mol. The van der Waals surface area contributed by atoms with Crippen LogP contribution < -0.4 is 5.32 Å². The van der Waals surface area contributed by atoms with Crippen molar-refractivity contribution in [3.63, 3.8) is 0 Å². The normalized spacial score (nSPS) is 15.0. The predicted molar refractivity (Wildman–Crippen MR) is 133 cm³/mol. The number of thiocarbonyl (C=S) groups is 1. The van der Waals surface area contributed by atoms with Gasteiger partial charge < -0.3 is 15.3 Å². The fourth-order valence-corrected chi connectivity index (χ4v) is 4.91. The number of likely N-dealkylation sites (tertiary alicyclic amines) is 1. The first-order valence-electron chi connectivity index (χ1n) is 10.6. The Labute approximate surface area is 194 Å². The molecule has 1 heterocycles. The van der Waals surface area contributed by atoms with Crippen LogP contribution in [-0.4, -0.2) is 28.2 Å². The summed E-state index contributed by atoms with van der Waals surface area (Å²) in [6, 6.07) is 25.8. The number of anilines is 1. The lowest BCUT2D eigenvalue weighted by Crippen LogP contribution is -2.47. The van der Waals surface area contributed by atoms with Gasteiger partial charge in [-0.05, 0) is 66.7 Å². The second kappa shape index (κ2) is 9.39. The molecule has 31 heavy (non-hydrogen) atoms. The van der Waals surface area contributed by atoms with Crippen LogP contribution in [-0.2, 0) is 5.60 Å². The average molecular weight is 451 g/mol. The van der Waals surface area contributed by atoms with Crippen molar-refractivity contribution in [2.75, 3.05) is 18.4 Å². The molecule has 160 valence electrons. The molecule has 0 radical (unpaired) electrons. The minimum absolute atomic E-state index is 0.101. The second-order valence-electron chi connectivity index (χ2n) is 8.15. The Bertz CT molecular complexity index is 994. The molecular weight excluding hydrogens is 424 g/mol. The highest BCUT2D eigenvalue weighted by molar-refractivity contribution is 7.80. The molecule has 3 nitrogen and oxygen atoms in total. The van der Waals surface area contributed by atoms with E-state index in [0.717, 1.165) is 48.3 Å². The molecule has 3 aromatic carbocycles. The molecule has 0 spiro atoms. The smallest absolute Gasteiger partial charge is 0.173 e. The molecule has 2 N–H and O–H groups in total. The van der Waals surface area contributed by atoms with Crippen molar-refractivity contribution in [3.05, 3.63) is 101 Å². The van der Waals surface area contributed by atoms with Gasteiger partial charge in [0.15, 0.2) is 5.11 Å². The highest BCUT2D eigenvalue weighted by Gasteiger charge is 2.41. The third kappa shape index (κ3) is 4.62. The zero-order valence-electron chi connectivity index (χ0n) is 17.6. The molecule has 5 heteroatoms. The van der Waals surface area contributed by atoms with E-state index in [0.29, 0.717) is 10.1 Å². The van der Waals surface area contributed by atoms with Gasteiger partial charge in [-0.2, -0.15) is 0 Å². The van der Waals surface area contributed by atoms with Gasteiger partial charge >= 0.3 is 0 Å². The lowest BCUT2D eigenvalue weighted by Gasteiger charge is -2.43. The van der Waals surface area contributed by atoms with Gasteiger partial charge in [0.1, 0.15) is 5.60 Å². The van der Waals surface area contributed by atoms with Gasteiger partial charge in [0.25, 0.3) is 0 Å². The Morgan fingerprint density at radius 3 is 2.06 bits per heavy atom. The first-order chi connectivity index (χ1) is 15.0. The van der Waals surface area contributed by atoms with Gasteiger partial charge in [0.05, 0.1) is 0 Å². The zero-order valence-corrected chi connectivity index (χ0v) is 19.2. The third-order valence-corrected chi connectivity index (χ3v) is 6.84. The van der Waals surface area contributed by atoms with Crippen LogP contribution in [0.5, 0.6) is 0 Å². The fraction of sp³-hybridized carbons (Fsp3) is 0.269. The predicted octanol–water partition coefficient (Wildman–Crippen LogP) is 5.99. The van der Waals surface area contributed by atoms with Crippen molar-refractivity contribution < 1.29 is 5.11 Å². The molecule has 0 amide bonds. The second-order valence-corrected chi connectivity index (χ2v) is 8.97. The van der Waals surface area contributed by atoms with Gasteiger partial charge in [0.2, 0.25) is 0 Å². The minimum Gasteiger partial charge on any atom is -0.380 e. The van der Waals surface area contributed by atoms with Crippen LogP contribution in [0.15, 0.2) is 78.9 Å². The molecule has 1 aliphatic rings. The molecular formula is C26H27ClN2OS. The van der Waals surface area contributed by atoms with Crippen LogP contribution in [0.4, 0.5) is 5.69 Å². The van der Waals surface area contributed by atoms with E-state index in [4.69, 9.17) is 23.8 Å². The van der Waals surface area contributed by atoms with Gasteiger partial charge in [0, 0.05) is 23.8 Å². The summed E-state index contributed by atoms with van der Waals surface area (Å²) in [7, 11) is 0. The van der Waals surface area contributed by atoms with Crippen LogP contribution >= 0.6 is 23.8 Å². The molecule has 1 saturated heterocycles. The Kier molecular flexibility index (Phi) is 6.61. The molecule has 0 saturated carbocycles. The number of rotatable bonds is 4. The van der Waals surface area contributed by atoms with Crippen molar-refractivity contribution in [2.45, 2.75) is 25.4 Å². The topological polar surface area (TPSA) is 35.5 Å². The lowest BCUT2D eigenvalue weighted by atomic mass is 9.72. The summed E-state index contributed by atoms with van der Waals surface area (Å²) in [5.41, 5.74) is 2.89. The molecule has 0 unspecified atom stereocenters. The van der Waals surface area contributed by atoms with Gasteiger partial charge in [-0.1, -0.05) is 78.3 Å². The number of benzene rings is 3. The van der Waals surface area contributed by atoms with Gasteiger partial charge in [-0.25, -0.2) is 0 Å². The van der Waals surface area contributed by atoms with E-state index in [1.165, 1.54) is 0 Å². The van der Waals surface area contributed by atoms with Crippen LogP contribution in [0.3, 0.4) is 0 Å². The highest BCUT2D eigenvalue weighted by atomic mass is 35.5. The number of nitrogens with one attached hydrogen (secondary N) is 1. The van der Waals surface area contributed by atoms with Crippen LogP contribution in [0, 0.1) is 12.8 Å². The van der Waals surface area contributed by atoms with E-state index in [1.54, 1.807) is 0 Å². The largest absolute Gasteiger partial charge is 0.380 e. The molecule has 0 aliphatic carbocycles. The van der Waals surface area contributed by atoms with Crippen molar-refractivity contribution >= 4 is 34.6 Å². The number of hydrogen-bond acceptors (Lipinski definition) is 2. The van der Waals surface area contributed by atoms with E-state index >= 15 is 0 Å². The number of hydrogen-bond donors (Lipinski definition) is 2. The Hall–Kier alpha value is -2.40. The van der Waals surface area contributed by atoms with E-state index in [1.807, 2.05) is 85.8 Å². The number of nitrogens with zero attached hydrogens (tertiary/aromatic N) is 1. The maximum Gasteiger partial charge on any atom is 0.173 e. The van der Waals surface area contributed by atoms with Gasteiger partial charge in [-0.15, -0.1) is 0 Å². The Balaban J connectivity index is 1.51. The first kappa shape index (κ1) is 21.8. The quantitative estimate of drug-likeness (QED) is 0.478. The summed E-state index contributed by atoms with van der Waals surface area (Å²) in [5.74, 6) is 0.101. The molecule has 0 aromatic heterocycles. The maximum atomic E-state index is 12.0. The van der Waals surface area contributed by atoms with Crippen LogP contribution in [0.1, 0.15) is 29.5 Å². The van der Waals surface area contributed by atoms with E-state index in [-0.39, 0.29) is 5.92 Å². The molecule has 0 atom stereocenters. The average Bonchev–Trinajstić information content (AvgIpc) is 2.82. The summed E-state index contributed by atoms with van der Waals surface area (Å²) in [4.78, 5) is 2.18. The van der Waals surface area contributed by atoms with E-state index in [9.17, 15) is 5.11 Å². The standard InChI is InChI=1S/C26H27ClN2OS/c1-19-12-13-23(27)18-24(19)28-25(31)29-16-14-22(15-17-29)26(30,20-8-4-2-5-9-20)21-10-6-3-7-11-21/h2-13,18,22,30H,14-17H2,1H3,(H,28,31). The fourth-order valence-electron chi connectivity index (χ4n) is 4.45. The van der Waals surface area contributed by atoms with Gasteiger partial charge in [-0.3, -0.25) is 0 Å². The molecule has 1 aliphatic heterocycles. The summed E-state index contributed by atoms with van der Waals surface area (Å²) in [6.07, 6.45) is 1.69. The minimum atomic E-state index is -1.02. The summed E-state index contributed by atoms with van der Waals surface area (Å²) >= 11 is 11.8. The zero-order chi connectivity index (χ0) is 21.8. The van der Waals surface area contributed by atoms with Crippen molar-refractivity contribution in [2.24, 2.45) is 5.92 Å². The Morgan fingerprint density at radius 1 is 0.968 bits per heavy atom. The maximum absolute atomic E-state index is 12.0. The summed E-state index contributed by atoms with van der Waals surface area (Å²) < 4.78 is 0. The molecule has 4 rings (SSSR count). The number of piperidine rings is 1. The first-order valence-corrected chi connectivity index (χ1v) is 11.4. The lowest BCUT2D eigenvalue weighted by molar-refractivity contribution is -0.00631.